The fourth-order valence-electron chi connectivity index (χ4n) is 3.88. The third kappa shape index (κ3) is 5.08. The van der Waals surface area contributed by atoms with E-state index in [0.717, 1.165) is 10.1 Å². The summed E-state index contributed by atoms with van der Waals surface area (Å²) < 4.78 is 13.5. The molecule has 0 amide bonds. The third-order valence-electron chi connectivity index (χ3n) is 5.62. The summed E-state index contributed by atoms with van der Waals surface area (Å²) in [5, 5.41) is 17.5. The van der Waals surface area contributed by atoms with Crippen molar-refractivity contribution in [1.29, 1.82) is 0 Å². The number of hydrogen-bond donors (Lipinski definition) is 0. The second kappa shape index (κ2) is 9.86. The molecule has 0 bridgehead atoms. The van der Waals surface area contributed by atoms with Gasteiger partial charge < -0.3 is 9.15 Å². The number of furan rings is 1. The minimum absolute atomic E-state index is 0.0592. The highest BCUT2D eigenvalue weighted by Crippen LogP contribution is 2.35. The predicted octanol–water partition coefficient (Wildman–Crippen LogP) is 6.79. The maximum absolute atomic E-state index is 13.6. The molecule has 10 heteroatoms. The van der Waals surface area contributed by atoms with Crippen molar-refractivity contribution in [1.82, 2.24) is 9.66 Å². The van der Waals surface area contributed by atoms with Gasteiger partial charge in [-0.1, -0.05) is 67.0 Å². The van der Waals surface area contributed by atoms with Crippen LogP contribution >= 0.6 is 15.9 Å². The molecule has 0 N–H and O–H groups in total. The average molecular weight is 575 g/mol. The summed E-state index contributed by atoms with van der Waals surface area (Å²) in [6, 6.07) is 19.2. The number of halogens is 1. The molecule has 0 aliphatic heterocycles. The highest BCUT2D eigenvalue weighted by atomic mass is 79.9. The van der Waals surface area contributed by atoms with Crippen molar-refractivity contribution < 1.29 is 14.1 Å². The first-order valence-corrected chi connectivity index (χ1v) is 12.6. The molecule has 0 aliphatic rings. The zero-order valence-corrected chi connectivity index (χ0v) is 22.4. The van der Waals surface area contributed by atoms with E-state index in [2.05, 4.69) is 26.0 Å². The van der Waals surface area contributed by atoms with E-state index in [1.54, 1.807) is 36.4 Å². The minimum Gasteiger partial charge on any atom is -0.486 e. The number of para-hydroxylation sites is 2. The number of benzene rings is 3. The zero-order chi connectivity index (χ0) is 27.0. The molecule has 2 aromatic heterocycles. The predicted molar refractivity (Wildman–Crippen MR) is 150 cm³/mol. The Morgan fingerprint density at radius 2 is 1.87 bits per heavy atom. The minimum atomic E-state index is -0.510. The average Bonchev–Trinajstić information content (AvgIpc) is 3.30. The van der Waals surface area contributed by atoms with Crippen LogP contribution in [-0.4, -0.2) is 27.4 Å². The number of hydrogen-bond acceptors (Lipinski definition) is 7. The van der Waals surface area contributed by atoms with Crippen LogP contribution in [-0.2, 0) is 0 Å². The Balaban J connectivity index is 1.70. The molecule has 38 heavy (non-hydrogen) atoms. The van der Waals surface area contributed by atoms with Gasteiger partial charge in [0.2, 0.25) is 11.6 Å². The molecule has 5 aromatic rings. The number of aromatic nitrogens is 2. The van der Waals surface area contributed by atoms with Gasteiger partial charge in [0.1, 0.15) is 5.58 Å². The van der Waals surface area contributed by atoms with Crippen molar-refractivity contribution >= 4 is 49.7 Å². The van der Waals surface area contributed by atoms with Crippen LogP contribution in [0.15, 0.2) is 85.5 Å². The van der Waals surface area contributed by atoms with E-state index in [4.69, 9.17) is 9.15 Å². The van der Waals surface area contributed by atoms with E-state index in [-0.39, 0.29) is 29.3 Å². The maximum atomic E-state index is 13.6. The molecule has 0 fully saturated rings. The first-order chi connectivity index (χ1) is 18.1. The van der Waals surface area contributed by atoms with Gasteiger partial charge in [0.25, 0.3) is 5.56 Å². The topological polar surface area (TPSA) is 113 Å². The number of fused-ring (bicyclic) bond motifs is 2. The Hall–Kier alpha value is -4.31. The maximum Gasteiger partial charge on any atom is 0.312 e. The lowest BCUT2D eigenvalue weighted by Crippen LogP contribution is -2.20. The lowest BCUT2D eigenvalue weighted by Gasteiger charge is -2.19. The van der Waals surface area contributed by atoms with Crippen LogP contribution in [0.2, 0.25) is 0 Å². The monoisotopic (exact) mass is 574 g/mol. The first-order valence-electron chi connectivity index (χ1n) is 11.8. The summed E-state index contributed by atoms with van der Waals surface area (Å²) >= 11 is 3.33. The molecule has 5 rings (SSSR count). The van der Waals surface area contributed by atoms with Gasteiger partial charge in [-0.05, 0) is 35.7 Å². The van der Waals surface area contributed by atoms with Gasteiger partial charge in [0.05, 0.1) is 28.6 Å². The zero-order valence-electron chi connectivity index (χ0n) is 20.8. The molecule has 192 valence electrons. The van der Waals surface area contributed by atoms with Gasteiger partial charge in [-0.15, -0.1) is 0 Å². The summed E-state index contributed by atoms with van der Waals surface area (Å²) in [6.07, 6.45) is 1.36. The van der Waals surface area contributed by atoms with Crippen LogP contribution in [0.3, 0.4) is 0 Å². The lowest BCUT2D eigenvalue weighted by molar-refractivity contribution is -0.386. The van der Waals surface area contributed by atoms with Crippen LogP contribution in [0, 0.1) is 15.5 Å². The summed E-state index contributed by atoms with van der Waals surface area (Å²) in [5.74, 6) is 0.613. The number of ether oxygens (including phenoxy) is 1. The van der Waals surface area contributed by atoms with Gasteiger partial charge in [-0.2, -0.15) is 9.78 Å². The molecule has 0 spiro atoms. The van der Waals surface area contributed by atoms with E-state index >= 15 is 0 Å². The van der Waals surface area contributed by atoms with Crippen LogP contribution in [0.25, 0.3) is 33.5 Å². The summed E-state index contributed by atoms with van der Waals surface area (Å²) in [4.78, 5) is 29.6. The standard InChI is InChI=1S/C28H23BrN4O5/c1-28(2,3)16-37-25-18(12-19(29)14-22(25)33(35)36)15-30-32-26(24-13-17-8-4-7-11-23(17)38-24)31-21-10-6-5-9-20(21)27(32)34/h4-15H,16H2,1-3H3. The molecule has 0 saturated carbocycles. The number of nitrogens with zero attached hydrogens (tertiary/aromatic N) is 4. The van der Waals surface area contributed by atoms with Crippen molar-refractivity contribution in [3.63, 3.8) is 0 Å². The van der Waals surface area contributed by atoms with E-state index < -0.39 is 10.5 Å². The van der Waals surface area contributed by atoms with Crippen molar-refractivity contribution in [2.24, 2.45) is 10.5 Å². The fraction of sp³-hybridized carbons (Fsp3) is 0.179. The Labute approximate surface area is 225 Å². The van der Waals surface area contributed by atoms with Crippen LogP contribution in [0.1, 0.15) is 26.3 Å². The summed E-state index contributed by atoms with van der Waals surface area (Å²) in [7, 11) is 0. The quantitative estimate of drug-likeness (QED) is 0.125. The molecule has 9 nitrogen and oxygen atoms in total. The Morgan fingerprint density at radius 1 is 1.13 bits per heavy atom. The molecule has 0 saturated heterocycles. The molecule has 0 radical (unpaired) electrons. The number of rotatable bonds is 6. The molecule has 3 aromatic carbocycles. The molecule has 0 unspecified atom stereocenters. The van der Waals surface area contributed by atoms with Gasteiger partial charge in [-0.3, -0.25) is 14.9 Å². The highest BCUT2D eigenvalue weighted by molar-refractivity contribution is 9.10. The van der Waals surface area contributed by atoms with Gasteiger partial charge >= 0.3 is 5.69 Å². The van der Waals surface area contributed by atoms with E-state index in [1.807, 2.05) is 45.0 Å². The van der Waals surface area contributed by atoms with Crippen molar-refractivity contribution in [3.8, 4) is 17.3 Å². The molecular weight excluding hydrogens is 552 g/mol. The van der Waals surface area contributed by atoms with E-state index in [0.29, 0.717) is 32.3 Å². The second-order valence-electron chi connectivity index (χ2n) is 9.91. The van der Waals surface area contributed by atoms with Crippen molar-refractivity contribution in [2.75, 3.05) is 6.61 Å². The number of nitro benzene ring substituents is 1. The van der Waals surface area contributed by atoms with Crippen molar-refractivity contribution in [2.45, 2.75) is 20.8 Å². The van der Waals surface area contributed by atoms with Gasteiger partial charge in [0.15, 0.2) is 5.76 Å². The summed E-state index contributed by atoms with van der Waals surface area (Å²) in [6.45, 7) is 6.13. The lowest BCUT2D eigenvalue weighted by atomic mass is 9.98. The SMILES string of the molecule is CC(C)(C)COc1c(C=Nn2c(-c3cc4ccccc4o3)nc3ccccc3c2=O)cc(Br)cc1[N+](=O)[O-]. The largest absolute Gasteiger partial charge is 0.486 e. The van der Waals surface area contributed by atoms with E-state index in [9.17, 15) is 14.9 Å². The Morgan fingerprint density at radius 3 is 2.61 bits per heavy atom. The molecule has 0 atom stereocenters. The number of nitro groups is 1. The second-order valence-corrected chi connectivity index (χ2v) is 10.8. The van der Waals surface area contributed by atoms with Crippen LogP contribution < -0.4 is 10.3 Å². The summed E-state index contributed by atoms with van der Waals surface area (Å²) in [5.41, 5.74) is 0.581. The van der Waals surface area contributed by atoms with Crippen molar-refractivity contribution in [3.05, 3.63) is 97.2 Å². The first kappa shape index (κ1) is 25.3. The molecule has 2 heterocycles. The van der Waals surface area contributed by atoms with Gasteiger partial charge in [0, 0.05) is 21.5 Å². The Bertz CT molecular complexity index is 1750. The smallest absolute Gasteiger partial charge is 0.312 e. The van der Waals surface area contributed by atoms with Crippen LogP contribution in [0.4, 0.5) is 5.69 Å². The Kier molecular flexibility index (Phi) is 6.58. The highest BCUT2D eigenvalue weighted by Gasteiger charge is 2.23. The van der Waals surface area contributed by atoms with Crippen LogP contribution in [0.5, 0.6) is 5.75 Å². The molecular formula is C28H23BrN4O5. The molecule has 0 aliphatic carbocycles. The van der Waals surface area contributed by atoms with E-state index in [1.165, 1.54) is 12.3 Å². The normalized spacial score (nSPS) is 12.0. The fourth-order valence-corrected chi connectivity index (χ4v) is 4.34. The third-order valence-corrected chi connectivity index (χ3v) is 6.08. The van der Waals surface area contributed by atoms with Gasteiger partial charge in [-0.25, -0.2) is 4.98 Å².